The van der Waals surface area contributed by atoms with Gasteiger partial charge in [0.15, 0.2) is 0 Å². The van der Waals surface area contributed by atoms with E-state index in [1.807, 2.05) is 24.0 Å². The van der Waals surface area contributed by atoms with E-state index in [1.165, 1.54) is 23.8 Å². The largest absolute Gasteiger partial charge is 0.336 e. The average Bonchev–Trinajstić information content (AvgIpc) is 2.91. The fourth-order valence-electron chi connectivity index (χ4n) is 2.14. The van der Waals surface area contributed by atoms with Crippen LogP contribution in [0.15, 0.2) is 24.5 Å². The van der Waals surface area contributed by atoms with Gasteiger partial charge in [0.05, 0.1) is 0 Å². The number of aromatic nitrogens is 2. The van der Waals surface area contributed by atoms with Crippen molar-refractivity contribution in [2.24, 2.45) is 12.8 Å². The highest BCUT2D eigenvalue weighted by Gasteiger charge is 2.37. The van der Waals surface area contributed by atoms with Crippen LogP contribution in [-0.2, 0) is 13.5 Å². The minimum Gasteiger partial charge on any atom is -0.336 e. The maximum Gasteiger partial charge on any atom is 0.139 e. The lowest BCUT2D eigenvalue weighted by atomic mass is 10.1. The number of aryl methyl sites for hydroxylation is 2. The minimum absolute atomic E-state index is 0.144. The number of hydrogen-bond donors (Lipinski definition) is 1. The average molecular weight is 215 g/mol. The molecule has 3 nitrogen and oxygen atoms in total. The molecule has 2 N–H and O–H groups in total. The Bertz CT molecular complexity index is 523. The number of fused-ring (bicyclic) bond motifs is 1. The lowest BCUT2D eigenvalue weighted by Gasteiger charge is -2.07. The Kier molecular flexibility index (Phi) is 2.04. The van der Waals surface area contributed by atoms with Crippen molar-refractivity contribution in [1.82, 2.24) is 9.55 Å². The molecule has 0 amide bonds. The summed E-state index contributed by atoms with van der Waals surface area (Å²) in [6.07, 6.45) is 8.55. The molecule has 0 aliphatic heterocycles. The van der Waals surface area contributed by atoms with E-state index in [2.05, 4.69) is 17.1 Å². The second kappa shape index (κ2) is 3.32. The van der Waals surface area contributed by atoms with E-state index in [4.69, 9.17) is 5.73 Å². The van der Waals surface area contributed by atoms with E-state index in [0.717, 1.165) is 18.5 Å². The fourth-order valence-corrected chi connectivity index (χ4v) is 2.14. The third-order valence-electron chi connectivity index (χ3n) is 3.57. The van der Waals surface area contributed by atoms with Crippen molar-refractivity contribution in [2.75, 3.05) is 0 Å². The molecule has 1 fully saturated rings. The molecule has 2 aromatic rings. The van der Waals surface area contributed by atoms with Crippen molar-refractivity contribution in [3.8, 4) is 0 Å². The van der Waals surface area contributed by atoms with Gasteiger partial charge in [-0.25, -0.2) is 4.98 Å². The van der Waals surface area contributed by atoms with Crippen LogP contribution in [0.4, 0.5) is 0 Å². The van der Waals surface area contributed by atoms with Gasteiger partial charge in [-0.1, -0.05) is 0 Å². The minimum atomic E-state index is 0.144. The van der Waals surface area contributed by atoms with E-state index in [1.54, 1.807) is 0 Å². The zero-order chi connectivity index (χ0) is 11.2. The molecule has 3 rings (SSSR count). The standard InChI is InChI=1S/C13H17N3/c1-16-7-3-11-8-10(9-15-12(11)16)2-4-13(14)5-6-13/h3,7-9H,2,4-6,14H2,1H3. The van der Waals surface area contributed by atoms with Gasteiger partial charge >= 0.3 is 0 Å². The number of nitrogens with two attached hydrogens (primary N) is 1. The predicted octanol–water partition coefficient (Wildman–Crippen LogP) is 2.00. The van der Waals surface area contributed by atoms with Gasteiger partial charge in [0, 0.05) is 30.4 Å². The first-order chi connectivity index (χ1) is 7.66. The zero-order valence-electron chi connectivity index (χ0n) is 9.61. The van der Waals surface area contributed by atoms with Gasteiger partial charge in [-0.05, 0) is 43.4 Å². The van der Waals surface area contributed by atoms with E-state index in [-0.39, 0.29) is 5.54 Å². The molecular weight excluding hydrogens is 198 g/mol. The summed E-state index contributed by atoms with van der Waals surface area (Å²) in [4.78, 5) is 4.48. The van der Waals surface area contributed by atoms with E-state index >= 15 is 0 Å². The van der Waals surface area contributed by atoms with Crippen LogP contribution in [0.5, 0.6) is 0 Å². The Hall–Kier alpha value is -1.35. The predicted molar refractivity (Wildman–Crippen MR) is 65.2 cm³/mol. The first-order valence-electron chi connectivity index (χ1n) is 5.85. The smallest absolute Gasteiger partial charge is 0.139 e. The highest BCUT2D eigenvalue weighted by molar-refractivity contribution is 5.76. The van der Waals surface area contributed by atoms with Crippen LogP contribution >= 0.6 is 0 Å². The summed E-state index contributed by atoms with van der Waals surface area (Å²) in [5, 5.41) is 1.22. The molecular formula is C13H17N3. The summed E-state index contributed by atoms with van der Waals surface area (Å²) >= 11 is 0. The molecule has 0 aromatic carbocycles. The molecule has 1 aliphatic rings. The highest BCUT2D eigenvalue weighted by Crippen LogP contribution is 2.36. The molecule has 1 aliphatic carbocycles. The molecule has 0 spiro atoms. The van der Waals surface area contributed by atoms with Gasteiger partial charge < -0.3 is 10.3 Å². The van der Waals surface area contributed by atoms with Gasteiger partial charge in [0.25, 0.3) is 0 Å². The van der Waals surface area contributed by atoms with Crippen molar-refractivity contribution in [1.29, 1.82) is 0 Å². The Balaban J connectivity index is 1.82. The monoisotopic (exact) mass is 215 g/mol. The van der Waals surface area contributed by atoms with Crippen LogP contribution in [-0.4, -0.2) is 15.1 Å². The number of hydrogen-bond acceptors (Lipinski definition) is 2. The van der Waals surface area contributed by atoms with E-state index < -0.39 is 0 Å². The first kappa shape index (κ1) is 9.85. The Morgan fingerprint density at radius 1 is 1.50 bits per heavy atom. The van der Waals surface area contributed by atoms with Crippen molar-refractivity contribution in [3.63, 3.8) is 0 Å². The normalized spacial score (nSPS) is 17.9. The molecule has 1 saturated carbocycles. The molecule has 0 radical (unpaired) electrons. The Morgan fingerprint density at radius 3 is 3.06 bits per heavy atom. The number of rotatable bonds is 3. The van der Waals surface area contributed by atoms with Crippen LogP contribution in [0.25, 0.3) is 11.0 Å². The molecule has 2 heterocycles. The number of nitrogens with zero attached hydrogens (tertiary/aromatic N) is 2. The molecule has 0 bridgehead atoms. The van der Waals surface area contributed by atoms with Crippen LogP contribution in [0.3, 0.4) is 0 Å². The third-order valence-corrected chi connectivity index (χ3v) is 3.57. The summed E-state index contributed by atoms with van der Waals surface area (Å²) < 4.78 is 2.05. The van der Waals surface area contributed by atoms with Gasteiger partial charge in [0.1, 0.15) is 5.65 Å². The molecule has 84 valence electrons. The number of pyridine rings is 1. The fraction of sp³-hybridized carbons (Fsp3) is 0.462. The third kappa shape index (κ3) is 1.71. The lowest BCUT2D eigenvalue weighted by molar-refractivity contribution is 0.609. The molecule has 16 heavy (non-hydrogen) atoms. The first-order valence-corrected chi connectivity index (χ1v) is 5.85. The summed E-state index contributed by atoms with van der Waals surface area (Å²) in [6.45, 7) is 0. The lowest BCUT2D eigenvalue weighted by Crippen LogP contribution is -2.22. The summed E-state index contributed by atoms with van der Waals surface area (Å²) in [5.74, 6) is 0. The van der Waals surface area contributed by atoms with Gasteiger partial charge in [-0.3, -0.25) is 0 Å². The molecule has 3 heteroatoms. The molecule has 0 unspecified atom stereocenters. The Labute approximate surface area is 95.3 Å². The Morgan fingerprint density at radius 2 is 2.31 bits per heavy atom. The second-order valence-electron chi connectivity index (χ2n) is 5.05. The quantitative estimate of drug-likeness (QED) is 0.851. The van der Waals surface area contributed by atoms with Crippen LogP contribution in [0.2, 0.25) is 0 Å². The van der Waals surface area contributed by atoms with Crippen molar-refractivity contribution < 1.29 is 0 Å². The van der Waals surface area contributed by atoms with Gasteiger partial charge in [-0.15, -0.1) is 0 Å². The maximum atomic E-state index is 6.09. The van der Waals surface area contributed by atoms with Crippen molar-refractivity contribution in [3.05, 3.63) is 30.1 Å². The van der Waals surface area contributed by atoms with E-state index in [0.29, 0.717) is 0 Å². The summed E-state index contributed by atoms with van der Waals surface area (Å²) in [6, 6.07) is 4.34. The maximum absolute atomic E-state index is 6.09. The van der Waals surface area contributed by atoms with Crippen LogP contribution in [0.1, 0.15) is 24.8 Å². The topological polar surface area (TPSA) is 43.8 Å². The summed E-state index contributed by atoms with van der Waals surface area (Å²) in [7, 11) is 2.02. The zero-order valence-corrected chi connectivity index (χ0v) is 9.61. The van der Waals surface area contributed by atoms with E-state index in [9.17, 15) is 0 Å². The molecule has 2 aromatic heterocycles. The van der Waals surface area contributed by atoms with Crippen molar-refractivity contribution >= 4 is 11.0 Å². The van der Waals surface area contributed by atoms with Crippen molar-refractivity contribution in [2.45, 2.75) is 31.2 Å². The van der Waals surface area contributed by atoms with Gasteiger partial charge in [0.2, 0.25) is 0 Å². The molecule has 0 saturated heterocycles. The molecule has 0 atom stereocenters. The van der Waals surface area contributed by atoms with Crippen LogP contribution in [0, 0.1) is 0 Å². The SMILES string of the molecule is Cn1ccc2cc(CCC3(N)CC3)cnc21. The summed E-state index contributed by atoms with van der Waals surface area (Å²) in [5.41, 5.74) is 8.59. The van der Waals surface area contributed by atoms with Crippen LogP contribution < -0.4 is 5.73 Å². The van der Waals surface area contributed by atoms with Gasteiger partial charge in [-0.2, -0.15) is 0 Å². The highest BCUT2D eigenvalue weighted by atomic mass is 15.0. The second-order valence-corrected chi connectivity index (χ2v) is 5.05.